The number of benzene rings is 2. The number of anilines is 1. The molecule has 9 heteroatoms. The Kier molecular flexibility index (Phi) is 4.65. The third-order valence-corrected chi connectivity index (χ3v) is 5.55. The van der Waals surface area contributed by atoms with Gasteiger partial charge in [0.1, 0.15) is 10.6 Å². The quantitative estimate of drug-likeness (QED) is 0.470. The van der Waals surface area contributed by atoms with E-state index in [1.807, 2.05) is 6.07 Å². The van der Waals surface area contributed by atoms with E-state index in [0.717, 1.165) is 23.9 Å². The van der Waals surface area contributed by atoms with Crippen molar-refractivity contribution in [3.63, 3.8) is 0 Å². The Bertz CT molecular complexity index is 1000. The van der Waals surface area contributed by atoms with Gasteiger partial charge < -0.3 is 5.11 Å². The molecule has 0 spiro atoms. The zero-order valence-corrected chi connectivity index (χ0v) is 14.9. The highest BCUT2D eigenvalue weighted by atomic mass is 32.2. The van der Waals surface area contributed by atoms with Crippen LogP contribution in [-0.4, -0.2) is 28.3 Å². The number of phenolic OH excluding ortho intramolecular Hbond substituents is 1. The van der Waals surface area contributed by atoms with Gasteiger partial charge in [-0.15, -0.1) is 0 Å². The van der Waals surface area contributed by atoms with Crippen molar-refractivity contribution in [2.45, 2.75) is 4.90 Å². The largest absolute Gasteiger partial charge is 0.506 e. The van der Waals surface area contributed by atoms with Gasteiger partial charge in [0.2, 0.25) is 0 Å². The summed E-state index contributed by atoms with van der Waals surface area (Å²) in [7, 11) is -4.57. The molecular formula is C16H11NO5S3. The fraction of sp³-hybridized carbons (Fsp3) is 0. The first kappa shape index (κ1) is 17.6. The van der Waals surface area contributed by atoms with Gasteiger partial charge in [-0.2, -0.15) is 8.42 Å². The summed E-state index contributed by atoms with van der Waals surface area (Å²) in [6.45, 7) is 0. The first-order valence-electron chi connectivity index (χ1n) is 6.91. The number of phenols is 1. The summed E-state index contributed by atoms with van der Waals surface area (Å²) < 4.78 is 32.0. The molecule has 2 aromatic rings. The topological polar surface area (TPSA) is 94.9 Å². The van der Waals surface area contributed by atoms with Crippen LogP contribution in [0.1, 0.15) is 5.56 Å². The minimum Gasteiger partial charge on any atom is -0.506 e. The molecule has 25 heavy (non-hydrogen) atoms. The molecule has 1 amide bonds. The molecule has 0 unspecified atom stereocenters. The van der Waals surface area contributed by atoms with E-state index in [1.54, 1.807) is 24.3 Å². The van der Waals surface area contributed by atoms with Crippen LogP contribution in [0.15, 0.2) is 58.3 Å². The van der Waals surface area contributed by atoms with Crippen molar-refractivity contribution in [3.05, 3.63) is 59.0 Å². The van der Waals surface area contributed by atoms with Crippen molar-refractivity contribution in [3.8, 4) is 5.75 Å². The molecule has 0 aromatic heterocycles. The van der Waals surface area contributed by atoms with Crippen molar-refractivity contribution in [2.75, 3.05) is 4.90 Å². The zero-order chi connectivity index (χ0) is 18.2. The van der Waals surface area contributed by atoms with E-state index in [4.69, 9.17) is 16.8 Å². The highest BCUT2D eigenvalue weighted by Crippen LogP contribution is 2.36. The van der Waals surface area contributed by atoms with Gasteiger partial charge in [0, 0.05) is 0 Å². The first-order chi connectivity index (χ1) is 11.8. The fourth-order valence-corrected chi connectivity index (χ4v) is 4.16. The van der Waals surface area contributed by atoms with Gasteiger partial charge in [0.25, 0.3) is 16.0 Å². The van der Waals surface area contributed by atoms with E-state index in [0.29, 0.717) is 20.5 Å². The lowest BCUT2D eigenvalue weighted by molar-refractivity contribution is -0.113. The van der Waals surface area contributed by atoms with Crippen molar-refractivity contribution < 1.29 is 22.9 Å². The van der Waals surface area contributed by atoms with E-state index in [2.05, 4.69) is 0 Å². The average Bonchev–Trinajstić information content (AvgIpc) is 2.83. The molecule has 6 nitrogen and oxygen atoms in total. The maximum absolute atomic E-state index is 12.6. The smallest absolute Gasteiger partial charge is 0.298 e. The van der Waals surface area contributed by atoms with Gasteiger partial charge in [-0.25, -0.2) is 0 Å². The minimum atomic E-state index is -4.57. The predicted octanol–water partition coefficient (Wildman–Crippen LogP) is 3.04. The van der Waals surface area contributed by atoms with Crippen molar-refractivity contribution in [2.24, 2.45) is 0 Å². The van der Waals surface area contributed by atoms with Crippen LogP contribution in [0.4, 0.5) is 5.69 Å². The van der Waals surface area contributed by atoms with Gasteiger partial charge in [-0.3, -0.25) is 14.2 Å². The number of para-hydroxylation sites is 1. The molecule has 0 radical (unpaired) electrons. The molecule has 1 fully saturated rings. The number of nitrogens with zero attached hydrogens (tertiary/aromatic N) is 1. The molecule has 0 bridgehead atoms. The van der Waals surface area contributed by atoms with Crippen LogP contribution >= 0.6 is 24.0 Å². The number of carbonyl (C=O) groups excluding carboxylic acids is 1. The van der Waals surface area contributed by atoms with E-state index in [9.17, 15) is 18.3 Å². The molecule has 1 saturated heterocycles. The van der Waals surface area contributed by atoms with Gasteiger partial charge >= 0.3 is 0 Å². The first-order valence-corrected chi connectivity index (χ1v) is 9.57. The maximum Gasteiger partial charge on any atom is 0.298 e. The number of hydrogen-bond donors (Lipinski definition) is 2. The number of thiocarbonyl (C=S) groups is 1. The number of amides is 1. The van der Waals surface area contributed by atoms with Gasteiger partial charge in [0.15, 0.2) is 4.32 Å². The summed E-state index contributed by atoms with van der Waals surface area (Å²) in [5.74, 6) is -0.904. The van der Waals surface area contributed by atoms with E-state index < -0.39 is 20.8 Å². The Hall–Kier alpha value is -2.20. The lowest BCUT2D eigenvalue weighted by Gasteiger charge is -2.13. The van der Waals surface area contributed by atoms with E-state index in [-0.39, 0.29) is 5.91 Å². The number of aromatic hydroxyl groups is 1. The van der Waals surface area contributed by atoms with Gasteiger partial charge in [-0.1, -0.05) is 48.2 Å². The van der Waals surface area contributed by atoms with E-state index >= 15 is 0 Å². The van der Waals surface area contributed by atoms with E-state index in [1.165, 1.54) is 17.0 Å². The molecular weight excluding hydrogens is 382 g/mol. The summed E-state index contributed by atoms with van der Waals surface area (Å²) in [6, 6.07) is 12.6. The fourth-order valence-electron chi connectivity index (χ4n) is 2.25. The van der Waals surface area contributed by atoms with Crippen LogP contribution in [0.25, 0.3) is 6.08 Å². The summed E-state index contributed by atoms with van der Waals surface area (Å²) in [5.41, 5.74) is 0.969. The normalized spacial score (nSPS) is 16.7. The molecule has 2 aromatic carbocycles. The van der Waals surface area contributed by atoms with Crippen molar-refractivity contribution in [1.29, 1.82) is 0 Å². The summed E-state index contributed by atoms with van der Waals surface area (Å²) in [6.07, 6.45) is 1.45. The Morgan fingerprint density at radius 3 is 2.44 bits per heavy atom. The van der Waals surface area contributed by atoms with Crippen molar-refractivity contribution in [1.82, 2.24) is 0 Å². The number of thioether (sulfide) groups is 1. The Labute approximate surface area is 153 Å². The monoisotopic (exact) mass is 393 g/mol. The second kappa shape index (κ2) is 6.60. The lowest BCUT2D eigenvalue weighted by Crippen LogP contribution is -2.27. The lowest BCUT2D eigenvalue weighted by atomic mass is 10.2. The second-order valence-electron chi connectivity index (χ2n) is 5.05. The summed E-state index contributed by atoms with van der Waals surface area (Å²) in [4.78, 5) is 13.7. The number of rotatable bonds is 3. The van der Waals surface area contributed by atoms with Crippen LogP contribution in [-0.2, 0) is 14.9 Å². The minimum absolute atomic E-state index is 0.306. The maximum atomic E-state index is 12.6. The van der Waals surface area contributed by atoms with Crippen LogP contribution in [0.5, 0.6) is 5.75 Å². The van der Waals surface area contributed by atoms with Crippen LogP contribution < -0.4 is 4.90 Å². The van der Waals surface area contributed by atoms with Gasteiger partial charge in [0.05, 0.1) is 10.6 Å². The Morgan fingerprint density at radius 1 is 1.12 bits per heavy atom. The molecule has 2 N–H and O–H groups in total. The molecule has 1 aliphatic heterocycles. The third-order valence-electron chi connectivity index (χ3n) is 3.37. The Balaban J connectivity index is 1.98. The summed E-state index contributed by atoms with van der Waals surface area (Å²) in [5, 5.41) is 9.56. The molecule has 128 valence electrons. The standard InChI is InChI=1S/C16H11NO5S3/c18-12-7-6-10(9-14(12)25(20,21)22)8-13-15(19)17(16(23)24-13)11-4-2-1-3-5-11/h1-9,18H,(H,20,21,22)/b13-8+. The highest BCUT2D eigenvalue weighted by Gasteiger charge is 2.33. The molecule has 1 aliphatic rings. The van der Waals surface area contributed by atoms with Crippen LogP contribution in [0.2, 0.25) is 0 Å². The Morgan fingerprint density at radius 2 is 1.80 bits per heavy atom. The summed E-state index contributed by atoms with van der Waals surface area (Å²) >= 11 is 6.33. The van der Waals surface area contributed by atoms with Crippen LogP contribution in [0, 0.1) is 0 Å². The SMILES string of the molecule is O=C1/C(=C\c2ccc(O)c(S(=O)(=O)O)c2)SC(=S)N1c1ccccc1. The molecule has 1 heterocycles. The zero-order valence-electron chi connectivity index (χ0n) is 12.5. The predicted molar refractivity (Wildman–Crippen MR) is 100 cm³/mol. The number of hydrogen-bond acceptors (Lipinski definition) is 6. The highest BCUT2D eigenvalue weighted by molar-refractivity contribution is 8.27. The average molecular weight is 393 g/mol. The second-order valence-corrected chi connectivity index (χ2v) is 8.12. The molecule has 0 aliphatic carbocycles. The van der Waals surface area contributed by atoms with Crippen LogP contribution in [0.3, 0.4) is 0 Å². The van der Waals surface area contributed by atoms with Crippen molar-refractivity contribution >= 4 is 56.1 Å². The molecule has 0 saturated carbocycles. The third kappa shape index (κ3) is 3.59. The molecule has 3 rings (SSSR count). The molecule has 0 atom stereocenters. The van der Waals surface area contributed by atoms with Gasteiger partial charge in [-0.05, 0) is 35.9 Å². The number of carbonyl (C=O) groups is 1.